The molecule has 4 heteroatoms. The van der Waals surface area contributed by atoms with Gasteiger partial charge in [0.2, 0.25) is 0 Å². The average Bonchev–Trinajstić information content (AvgIpc) is 2.19. The molecule has 1 aromatic rings. The van der Waals surface area contributed by atoms with Gasteiger partial charge >= 0.3 is 0 Å². The summed E-state index contributed by atoms with van der Waals surface area (Å²) in [7, 11) is 0. The number of nitrogens with zero attached hydrogens (tertiary/aromatic N) is 3. The fourth-order valence-electron chi connectivity index (χ4n) is 1.29. The van der Waals surface area contributed by atoms with Crippen LogP contribution in [0.25, 0.3) is 0 Å². The van der Waals surface area contributed by atoms with Crippen molar-refractivity contribution in [3.8, 4) is 0 Å². The standard InChI is InChI=1S/C10H16BrN3/c1-3-14(6-4-5-11)10-7-9(2)8-12-13-10/h7-8H,3-6H2,1-2H3. The Balaban J connectivity index is 2.68. The zero-order valence-corrected chi connectivity index (χ0v) is 10.3. The van der Waals surface area contributed by atoms with Crippen molar-refractivity contribution in [3.63, 3.8) is 0 Å². The highest BCUT2D eigenvalue weighted by molar-refractivity contribution is 9.09. The molecule has 0 spiro atoms. The Morgan fingerprint density at radius 2 is 2.29 bits per heavy atom. The number of aryl methyl sites for hydroxylation is 1. The zero-order chi connectivity index (χ0) is 10.4. The molecule has 0 radical (unpaired) electrons. The first-order valence-corrected chi connectivity index (χ1v) is 6.00. The van der Waals surface area contributed by atoms with Crippen molar-refractivity contribution in [3.05, 3.63) is 17.8 Å². The molecule has 0 amide bonds. The van der Waals surface area contributed by atoms with E-state index in [-0.39, 0.29) is 0 Å². The SMILES string of the molecule is CCN(CCCBr)c1cc(C)cnn1. The Hall–Kier alpha value is -0.640. The number of alkyl halides is 1. The van der Waals surface area contributed by atoms with Gasteiger partial charge in [0.05, 0.1) is 6.20 Å². The molecule has 0 saturated heterocycles. The Bertz CT molecular complexity index is 278. The van der Waals surface area contributed by atoms with E-state index in [9.17, 15) is 0 Å². The second kappa shape index (κ2) is 5.96. The Labute approximate surface area is 93.7 Å². The minimum Gasteiger partial charge on any atom is -0.355 e. The first-order valence-electron chi connectivity index (χ1n) is 4.88. The molecular formula is C10H16BrN3. The molecule has 1 heterocycles. The third kappa shape index (κ3) is 3.25. The Morgan fingerprint density at radius 1 is 1.50 bits per heavy atom. The summed E-state index contributed by atoms with van der Waals surface area (Å²) in [6.07, 6.45) is 2.91. The van der Waals surface area contributed by atoms with Crippen molar-refractivity contribution >= 4 is 21.7 Å². The number of anilines is 1. The molecule has 78 valence electrons. The van der Waals surface area contributed by atoms with Crippen molar-refractivity contribution in [2.45, 2.75) is 20.3 Å². The molecule has 0 N–H and O–H groups in total. The van der Waals surface area contributed by atoms with Crippen LogP contribution in [-0.2, 0) is 0 Å². The van der Waals surface area contributed by atoms with Crippen molar-refractivity contribution in [1.29, 1.82) is 0 Å². The summed E-state index contributed by atoms with van der Waals surface area (Å²) in [6.45, 7) is 6.18. The highest BCUT2D eigenvalue weighted by Gasteiger charge is 2.05. The number of halogens is 1. The third-order valence-corrected chi connectivity index (χ3v) is 2.61. The van der Waals surface area contributed by atoms with Gasteiger partial charge < -0.3 is 4.90 Å². The van der Waals surface area contributed by atoms with Gasteiger partial charge in [-0.05, 0) is 31.9 Å². The van der Waals surface area contributed by atoms with Gasteiger partial charge in [-0.15, -0.1) is 5.10 Å². The fourth-order valence-corrected chi connectivity index (χ4v) is 1.54. The van der Waals surface area contributed by atoms with Crippen molar-refractivity contribution in [1.82, 2.24) is 10.2 Å². The maximum atomic E-state index is 4.12. The lowest BCUT2D eigenvalue weighted by molar-refractivity contribution is 0.771. The summed E-state index contributed by atoms with van der Waals surface area (Å²) >= 11 is 3.43. The number of rotatable bonds is 5. The topological polar surface area (TPSA) is 29.0 Å². The van der Waals surface area contributed by atoms with E-state index in [1.165, 1.54) is 0 Å². The summed E-state index contributed by atoms with van der Waals surface area (Å²) < 4.78 is 0. The monoisotopic (exact) mass is 257 g/mol. The van der Waals surface area contributed by atoms with Crippen LogP contribution in [-0.4, -0.2) is 28.6 Å². The summed E-state index contributed by atoms with van der Waals surface area (Å²) in [6, 6.07) is 2.07. The van der Waals surface area contributed by atoms with Crippen LogP contribution in [0.15, 0.2) is 12.3 Å². The van der Waals surface area contributed by atoms with Crippen LogP contribution in [0.3, 0.4) is 0 Å². The largest absolute Gasteiger partial charge is 0.355 e. The van der Waals surface area contributed by atoms with Gasteiger partial charge in [0.1, 0.15) is 0 Å². The third-order valence-electron chi connectivity index (χ3n) is 2.05. The molecule has 0 aliphatic heterocycles. The zero-order valence-electron chi connectivity index (χ0n) is 8.70. The van der Waals surface area contributed by atoms with Crippen molar-refractivity contribution < 1.29 is 0 Å². The quantitative estimate of drug-likeness (QED) is 0.759. The number of hydrogen-bond acceptors (Lipinski definition) is 3. The lowest BCUT2D eigenvalue weighted by Crippen LogP contribution is -2.25. The predicted octanol–water partition coefficient (Wildman–Crippen LogP) is 2.40. The Kier molecular flexibility index (Phi) is 4.87. The first-order chi connectivity index (χ1) is 6.77. The molecule has 1 rings (SSSR count). The Morgan fingerprint density at radius 3 is 2.86 bits per heavy atom. The van der Waals surface area contributed by atoms with E-state index in [0.717, 1.165) is 36.2 Å². The average molecular weight is 258 g/mol. The molecule has 0 fully saturated rings. The van der Waals surface area contributed by atoms with Crippen LogP contribution in [0.2, 0.25) is 0 Å². The molecule has 0 aromatic carbocycles. The van der Waals surface area contributed by atoms with E-state index in [4.69, 9.17) is 0 Å². The highest BCUT2D eigenvalue weighted by Crippen LogP contribution is 2.11. The van der Waals surface area contributed by atoms with Crippen LogP contribution >= 0.6 is 15.9 Å². The molecule has 0 aliphatic rings. The van der Waals surface area contributed by atoms with Gasteiger partial charge in [0, 0.05) is 18.4 Å². The van der Waals surface area contributed by atoms with Crippen molar-refractivity contribution in [2.24, 2.45) is 0 Å². The van der Waals surface area contributed by atoms with Gasteiger partial charge in [-0.3, -0.25) is 0 Å². The molecule has 14 heavy (non-hydrogen) atoms. The summed E-state index contributed by atoms with van der Waals surface area (Å²) in [5.41, 5.74) is 1.16. The summed E-state index contributed by atoms with van der Waals surface area (Å²) in [5.74, 6) is 0.980. The van der Waals surface area contributed by atoms with E-state index >= 15 is 0 Å². The minimum atomic E-state index is 0.977. The molecular weight excluding hydrogens is 242 g/mol. The van der Waals surface area contributed by atoms with Gasteiger partial charge in [0.15, 0.2) is 5.82 Å². The van der Waals surface area contributed by atoms with Gasteiger partial charge in [-0.2, -0.15) is 5.10 Å². The van der Waals surface area contributed by atoms with Crippen LogP contribution in [0.4, 0.5) is 5.82 Å². The molecule has 0 saturated carbocycles. The summed E-state index contributed by atoms with van der Waals surface area (Å²) in [5, 5.41) is 9.11. The van der Waals surface area contributed by atoms with Gasteiger partial charge in [0.25, 0.3) is 0 Å². The maximum absolute atomic E-state index is 4.12. The van der Waals surface area contributed by atoms with E-state index < -0.39 is 0 Å². The van der Waals surface area contributed by atoms with Crippen LogP contribution < -0.4 is 4.90 Å². The van der Waals surface area contributed by atoms with Gasteiger partial charge in [-0.1, -0.05) is 15.9 Å². The van der Waals surface area contributed by atoms with E-state index in [0.29, 0.717) is 0 Å². The second-order valence-electron chi connectivity index (χ2n) is 3.21. The van der Waals surface area contributed by atoms with Crippen LogP contribution in [0.5, 0.6) is 0 Å². The van der Waals surface area contributed by atoms with E-state index in [1.807, 2.05) is 6.92 Å². The fraction of sp³-hybridized carbons (Fsp3) is 0.600. The van der Waals surface area contributed by atoms with E-state index in [1.54, 1.807) is 6.20 Å². The second-order valence-corrected chi connectivity index (χ2v) is 4.01. The molecule has 1 aromatic heterocycles. The molecule has 3 nitrogen and oxygen atoms in total. The lowest BCUT2D eigenvalue weighted by atomic mass is 10.3. The first kappa shape index (κ1) is 11.4. The smallest absolute Gasteiger partial charge is 0.151 e. The number of aromatic nitrogens is 2. The van der Waals surface area contributed by atoms with Crippen LogP contribution in [0.1, 0.15) is 18.9 Å². The minimum absolute atomic E-state index is 0.977. The van der Waals surface area contributed by atoms with Crippen LogP contribution in [0, 0.1) is 6.92 Å². The highest BCUT2D eigenvalue weighted by atomic mass is 79.9. The molecule has 0 bridgehead atoms. The van der Waals surface area contributed by atoms with E-state index in [2.05, 4.69) is 44.0 Å². The number of hydrogen-bond donors (Lipinski definition) is 0. The van der Waals surface area contributed by atoms with Gasteiger partial charge in [-0.25, -0.2) is 0 Å². The molecule has 0 aliphatic carbocycles. The van der Waals surface area contributed by atoms with Crippen molar-refractivity contribution in [2.75, 3.05) is 23.3 Å². The molecule has 0 unspecified atom stereocenters. The molecule has 0 atom stereocenters. The maximum Gasteiger partial charge on any atom is 0.151 e. The predicted molar refractivity (Wildman–Crippen MR) is 63.1 cm³/mol. The lowest BCUT2D eigenvalue weighted by Gasteiger charge is -2.20. The normalized spacial score (nSPS) is 10.2. The summed E-state index contributed by atoms with van der Waals surface area (Å²) in [4.78, 5) is 2.24.